The molecule has 0 N–H and O–H groups in total. The van der Waals surface area contributed by atoms with Crippen molar-refractivity contribution in [2.45, 2.75) is 13.5 Å². The van der Waals surface area contributed by atoms with Gasteiger partial charge in [-0.15, -0.1) is 0 Å². The summed E-state index contributed by atoms with van der Waals surface area (Å²) in [7, 11) is 0. The Labute approximate surface area is 106 Å². The lowest BCUT2D eigenvalue weighted by molar-refractivity contribution is -0.385. The van der Waals surface area contributed by atoms with Gasteiger partial charge in [-0.2, -0.15) is 4.98 Å². The first-order chi connectivity index (χ1) is 8.56. The van der Waals surface area contributed by atoms with E-state index in [0.717, 1.165) is 0 Å². The van der Waals surface area contributed by atoms with Crippen LogP contribution in [0, 0.1) is 17.0 Å². The fraction of sp³-hybridized carbons (Fsp3) is 0.200. The van der Waals surface area contributed by atoms with E-state index >= 15 is 0 Å². The Hall–Kier alpha value is -2.15. The molecule has 7 nitrogen and oxygen atoms in total. The molecule has 0 atom stereocenters. The van der Waals surface area contributed by atoms with Crippen molar-refractivity contribution in [2.24, 2.45) is 0 Å². The van der Waals surface area contributed by atoms with Crippen LogP contribution in [0.2, 0.25) is 5.02 Å². The van der Waals surface area contributed by atoms with E-state index in [1.165, 1.54) is 18.2 Å². The second-order valence-electron chi connectivity index (χ2n) is 3.39. The molecule has 0 aliphatic heterocycles. The standard InChI is InChI=1S/C10H8ClN3O4/c1-6-12-10(13-18-6)5-17-9-4-7(11)2-3-8(9)14(15)16/h2-4H,5H2,1H3. The van der Waals surface area contributed by atoms with Crippen LogP contribution in [-0.2, 0) is 6.61 Å². The van der Waals surface area contributed by atoms with Crippen molar-refractivity contribution in [1.82, 2.24) is 10.1 Å². The van der Waals surface area contributed by atoms with Crippen molar-refractivity contribution < 1.29 is 14.2 Å². The van der Waals surface area contributed by atoms with Gasteiger partial charge in [0.2, 0.25) is 11.7 Å². The molecule has 0 radical (unpaired) electrons. The van der Waals surface area contributed by atoms with E-state index in [4.69, 9.17) is 20.9 Å². The van der Waals surface area contributed by atoms with Gasteiger partial charge in [0.25, 0.3) is 0 Å². The Kier molecular flexibility index (Phi) is 3.42. The average molecular weight is 270 g/mol. The second-order valence-corrected chi connectivity index (χ2v) is 3.82. The Bertz CT molecular complexity index is 584. The third-order valence-electron chi connectivity index (χ3n) is 2.04. The predicted octanol–water partition coefficient (Wildman–Crippen LogP) is 2.52. The zero-order valence-corrected chi connectivity index (χ0v) is 10.0. The molecule has 0 fully saturated rings. The van der Waals surface area contributed by atoms with Gasteiger partial charge < -0.3 is 9.26 Å². The summed E-state index contributed by atoms with van der Waals surface area (Å²) in [6.45, 7) is 1.61. The van der Waals surface area contributed by atoms with Crippen LogP contribution >= 0.6 is 11.6 Å². The van der Waals surface area contributed by atoms with Crippen LogP contribution in [0.1, 0.15) is 11.7 Å². The smallest absolute Gasteiger partial charge is 0.311 e. The van der Waals surface area contributed by atoms with Gasteiger partial charge >= 0.3 is 5.69 Å². The molecule has 0 spiro atoms. The van der Waals surface area contributed by atoms with Crippen LogP contribution in [0.3, 0.4) is 0 Å². The summed E-state index contributed by atoms with van der Waals surface area (Å²) in [5, 5.41) is 14.7. The topological polar surface area (TPSA) is 91.3 Å². The lowest BCUT2D eigenvalue weighted by Gasteiger charge is -2.04. The normalized spacial score (nSPS) is 10.3. The van der Waals surface area contributed by atoms with E-state index in [0.29, 0.717) is 16.7 Å². The number of halogens is 1. The number of benzene rings is 1. The number of rotatable bonds is 4. The third-order valence-corrected chi connectivity index (χ3v) is 2.28. The van der Waals surface area contributed by atoms with Crippen molar-refractivity contribution in [3.8, 4) is 5.75 Å². The van der Waals surface area contributed by atoms with E-state index in [2.05, 4.69) is 10.1 Å². The molecule has 0 aliphatic rings. The van der Waals surface area contributed by atoms with E-state index in [-0.39, 0.29) is 18.0 Å². The van der Waals surface area contributed by atoms with Gasteiger partial charge in [0.05, 0.1) is 4.92 Å². The van der Waals surface area contributed by atoms with Crippen molar-refractivity contribution in [1.29, 1.82) is 0 Å². The summed E-state index contributed by atoms with van der Waals surface area (Å²) in [6.07, 6.45) is 0. The van der Waals surface area contributed by atoms with Crippen LogP contribution in [0.15, 0.2) is 22.7 Å². The molecule has 0 aliphatic carbocycles. The maximum absolute atomic E-state index is 10.8. The van der Waals surface area contributed by atoms with Gasteiger partial charge in [-0.05, 0) is 6.07 Å². The number of nitro groups is 1. The largest absolute Gasteiger partial charge is 0.478 e. The molecule has 0 saturated heterocycles. The maximum Gasteiger partial charge on any atom is 0.311 e. The molecule has 18 heavy (non-hydrogen) atoms. The molecule has 8 heteroatoms. The lowest BCUT2D eigenvalue weighted by Crippen LogP contribution is -2.00. The molecule has 0 saturated carbocycles. The van der Waals surface area contributed by atoms with Crippen LogP contribution < -0.4 is 4.74 Å². The van der Waals surface area contributed by atoms with Crippen molar-refractivity contribution in [2.75, 3.05) is 0 Å². The van der Waals surface area contributed by atoms with Gasteiger partial charge in [0, 0.05) is 24.1 Å². The minimum absolute atomic E-state index is 0.0292. The molecule has 0 unspecified atom stereocenters. The number of hydrogen-bond acceptors (Lipinski definition) is 6. The van der Waals surface area contributed by atoms with Crippen LogP contribution in [0.5, 0.6) is 5.75 Å². The lowest BCUT2D eigenvalue weighted by atomic mass is 10.3. The molecule has 1 aromatic heterocycles. The van der Waals surface area contributed by atoms with Gasteiger partial charge in [0.1, 0.15) is 0 Å². The van der Waals surface area contributed by atoms with Gasteiger partial charge in [-0.25, -0.2) is 0 Å². The number of nitro benzene ring substituents is 1. The molecule has 2 aromatic rings. The SMILES string of the molecule is Cc1nc(COc2cc(Cl)ccc2[N+](=O)[O-])no1. The number of aromatic nitrogens is 2. The minimum Gasteiger partial charge on any atom is -0.478 e. The highest BCUT2D eigenvalue weighted by molar-refractivity contribution is 6.30. The summed E-state index contributed by atoms with van der Waals surface area (Å²) < 4.78 is 10.0. The Balaban J connectivity index is 2.17. The zero-order chi connectivity index (χ0) is 13.1. The first kappa shape index (κ1) is 12.3. The minimum atomic E-state index is -0.548. The number of aryl methyl sites for hydroxylation is 1. The molecular weight excluding hydrogens is 262 g/mol. The first-order valence-electron chi connectivity index (χ1n) is 4.92. The summed E-state index contributed by atoms with van der Waals surface area (Å²) >= 11 is 5.76. The molecule has 94 valence electrons. The van der Waals surface area contributed by atoms with Crippen molar-refractivity contribution in [3.63, 3.8) is 0 Å². The summed E-state index contributed by atoms with van der Waals surface area (Å²) in [4.78, 5) is 14.1. The Morgan fingerprint density at radius 1 is 1.56 bits per heavy atom. The second kappa shape index (κ2) is 5.01. The fourth-order valence-electron chi connectivity index (χ4n) is 1.30. The fourth-order valence-corrected chi connectivity index (χ4v) is 1.46. The molecule has 0 bridgehead atoms. The summed E-state index contributed by atoms with van der Waals surface area (Å²) in [6, 6.07) is 4.07. The van der Waals surface area contributed by atoms with E-state index in [1.54, 1.807) is 6.92 Å². The van der Waals surface area contributed by atoms with Gasteiger partial charge in [-0.1, -0.05) is 16.8 Å². The molecule has 0 amide bonds. The van der Waals surface area contributed by atoms with E-state index in [1.807, 2.05) is 0 Å². The van der Waals surface area contributed by atoms with Gasteiger partial charge in [0.15, 0.2) is 12.4 Å². The van der Waals surface area contributed by atoms with Crippen LogP contribution in [-0.4, -0.2) is 15.1 Å². The predicted molar refractivity (Wildman–Crippen MR) is 61.5 cm³/mol. The van der Waals surface area contributed by atoms with Crippen molar-refractivity contribution in [3.05, 3.63) is 45.1 Å². The zero-order valence-electron chi connectivity index (χ0n) is 9.29. The Morgan fingerprint density at radius 2 is 2.33 bits per heavy atom. The third kappa shape index (κ3) is 2.75. The number of nitrogens with zero attached hydrogens (tertiary/aromatic N) is 3. The summed E-state index contributed by atoms with van der Waals surface area (Å²) in [5.74, 6) is 0.769. The van der Waals surface area contributed by atoms with Crippen LogP contribution in [0.25, 0.3) is 0 Å². The molecule has 2 rings (SSSR count). The molecule has 1 heterocycles. The first-order valence-corrected chi connectivity index (χ1v) is 5.30. The summed E-state index contributed by atoms with van der Waals surface area (Å²) in [5.41, 5.74) is -0.167. The number of ether oxygens (including phenoxy) is 1. The van der Waals surface area contributed by atoms with Crippen molar-refractivity contribution >= 4 is 17.3 Å². The highest BCUT2D eigenvalue weighted by atomic mass is 35.5. The van der Waals surface area contributed by atoms with E-state index in [9.17, 15) is 10.1 Å². The quantitative estimate of drug-likeness (QED) is 0.625. The maximum atomic E-state index is 10.8. The average Bonchev–Trinajstić information content (AvgIpc) is 2.72. The highest BCUT2D eigenvalue weighted by Gasteiger charge is 2.16. The Morgan fingerprint density at radius 3 is 2.94 bits per heavy atom. The number of hydrogen-bond donors (Lipinski definition) is 0. The van der Waals surface area contributed by atoms with Gasteiger partial charge in [-0.3, -0.25) is 10.1 Å². The van der Waals surface area contributed by atoms with Crippen LogP contribution in [0.4, 0.5) is 5.69 Å². The molecular formula is C10H8ClN3O4. The molecule has 1 aromatic carbocycles. The highest BCUT2D eigenvalue weighted by Crippen LogP contribution is 2.30. The monoisotopic (exact) mass is 269 g/mol. The van der Waals surface area contributed by atoms with E-state index < -0.39 is 4.92 Å².